The van der Waals surface area contributed by atoms with Gasteiger partial charge in [-0.25, -0.2) is 0 Å². The monoisotopic (exact) mass is 990 g/mol. The minimum atomic E-state index is 1.29. The fourth-order valence-electron chi connectivity index (χ4n) is 1.33. The lowest BCUT2D eigenvalue weighted by Gasteiger charge is -1.89. The summed E-state index contributed by atoms with van der Waals surface area (Å²) in [6.07, 6.45) is 0. The Kier molecular flexibility index (Phi) is 14.1. The van der Waals surface area contributed by atoms with Crippen LogP contribution in [0.5, 0.6) is 0 Å². The van der Waals surface area contributed by atoms with Crippen molar-refractivity contribution in [3.05, 3.63) is 94.2 Å². The summed E-state index contributed by atoms with van der Waals surface area (Å²) in [4.78, 5) is 0. The Morgan fingerprint density at radius 2 is 0.750 bits per heavy atom. The van der Waals surface area contributed by atoms with Crippen LogP contribution in [0.25, 0.3) is 0 Å². The van der Waals surface area contributed by atoms with E-state index in [0.29, 0.717) is 0 Å². The van der Waals surface area contributed by atoms with Gasteiger partial charge in [-0.15, -0.1) is 0 Å². The Labute approximate surface area is 225 Å². The van der Waals surface area contributed by atoms with Gasteiger partial charge in [-0.1, -0.05) is 18.2 Å². The predicted molar refractivity (Wildman–Crippen MR) is 156 cm³/mol. The second-order valence-corrected chi connectivity index (χ2v) is 11.6. The molecule has 0 N–H and O–H groups in total. The standard InChI is InChI=1S/3C6H4I2/c7-5-1-2-6(8)4-3-5;7-5-2-1-3-6(8)4-5;7-5-3-1-2-4-6(5)8/h3*1-4H. The van der Waals surface area contributed by atoms with E-state index >= 15 is 0 Å². The van der Waals surface area contributed by atoms with E-state index in [2.05, 4.69) is 196 Å². The van der Waals surface area contributed by atoms with Gasteiger partial charge in [0, 0.05) is 21.4 Å². The largest absolute Gasteiger partial charge is 0.0611 e. The molecular weight excluding hydrogens is 978 g/mol. The van der Waals surface area contributed by atoms with E-state index in [0.717, 1.165) is 0 Å². The van der Waals surface area contributed by atoms with Crippen LogP contribution in [0.4, 0.5) is 0 Å². The molecule has 3 aromatic rings. The molecule has 3 rings (SSSR count). The van der Waals surface area contributed by atoms with Gasteiger partial charge < -0.3 is 0 Å². The van der Waals surface area contributed by atoms with Gasteiger partial charge in [-0.3, -0.25) is 0 Å². The van der Waals surface area contributed by atoms with Crippen molar-refractivity contribution in [3.8, 4) is 0 Å². The summed E-state index contributed by atoms with van der Waals surface area (Å²) in [6.45, 7) is 0. The zero-order chi connectivity index (χ0) is 17.9. The summed E-state index contributed by atoms with van der Waals surface area (Å²) in [5.74, 6) is 0. The van der Waals surface area contributed by atoms with Crippen molar-refractivity contribution >= 4 is 136 Å². The first kappa shape index (κ1) is 24.1. The molecule has 0 saturated heterocycles. The van der Waals surface area contributed by atoms with Crippen molar-refractivity contribution in [1.82, 2.24) is 0 Å². The quantitative estimate of drug-likeness (QED) is 0.198. The van der Waals surface area contributed by atoms with Gasteiger partial charge in [0.25, 0.3) is 0 Å². The maximum Gasteiger partial charge on any atom is 0.0263 e. The van der Waals surface area contributed by atoms with Crippen LogP contribution in [0.2, 0.25) is 0 Å². The number of hydrogen-bond donors (Lipinski definition) is 0. The van der Waals surface area contributed by atoms with Crippen LogP contribution in [0.15, 0.2) is 72.8 Å². The first-order valence-corrected chi connectivity index (χ1v) is 13.1. The van der Waals surface area contributed by atoms with Gasteiger partial charge in [-0.2, -0.15) is 0 Å². The molecule has 0 atom stereocenters. The van der Waals surface area contributed by atoms with E-state index in [4.69, 9.17) is 0 Å². The van der Waals surface area contributed by atoms with Crippen molar-refractivity contribution in [2.75, 3.05) is 0 Å². The highest BCUT2D eigenvalue weighted by Gasteiger charge is 1.88. The SMILES string of the molecule is Ic1ccc(I)cc1.Ic1cccc(I)c1.Ic1ccccc1I. The van der Waals surface area contributed by atoms with Gasteiger partial charge in [-0.05, 0) is 190 Å². The highest BCUT2D eigenvalue weighted by Crippen LogP contribution is 2.12. The van der Waals surface area contributed by atoms with Crippen molar-refractivity contribution < 1.29 is 0 Å². The minimum Gasteiger partial charge on any atom is -0.0611 e. The molecule has 0 nitrogen and oxygen atoms in total. The maximum absolute atomic E-state index is 2.32. The van der Waals surface area contributed by atoms with Crippen LogP contribution in [-0.4, -0.2) is 0 Å². The Hall–Kier alpha value is 2.04. The molecule has 3 aromatic carbocycles. The lowest BCUT2D eigenvalue weighted by molar-refractivity contribution is 1.58. The van der Waals surface area contributed by atoms with Crippen molar-refractivity contribution in [1.29, 1.82) is 0 Å². The van der Waals surface area contributed by atoms with Crippen LogP contribution >= 0.6 is 136 Å². The Morgan fingerprint density at radius 3 is 1.00 bits per heavy atom. The zero-order valence-corrected chi connectivity index (χ0v) is 25.1. The first-order chi connectivity index (χ1) is 11.4. The summed E-state index contributed by atoms with van der Waals surface area (Å²) in [7, 11) is 0. The van der Waals surface area contributed by atoms with Crippen LogP contribution in [0.1, 0.15) is 0 Å². The van der Waals surface area contributed by atoms with E-state index in [1.165, 1.54) is 21.4 Å². The third-order valence-corrected chi connectivity index (χ3v) is 8.11. The molecule has 0 aliphatic rings. The molecule has 0 bridgehead atoms. The molecule has 0 radical (unpaired) electrons. The second kappa shape index (κ2) is 14.1. The lowest BCUT2D eigenvalue weighted by Crippen LogP contribution is -1.73. The summed E-state index contributed by atoms with van der Waals surface area (Å²) in [5.41, 5.74) is 0. The molecule has 0 aliphatic heterocycles. The van der Waals surface area contributed by atoms with Crippen molar-refractivity contribution in [3.63, 3.8) is 0 Å². The third-order valence-electron chi connectivity index (χ3n) is 2.41. The van der Waals surface area contributed by atoms with E-state index < -0.39 is 0 Å². The average molecular weight is 990 g/mol. The molecule has 0 heterocycles. The average Bonchev–Trinajstić information content (AvgIpc) is 2.54. The third kappa shape index (κ3) is 11.7. The van der Waals surface area contributed by atoms with Crippen LogP contribution in [-0.2, 0) is 0 Å². The van der Waals surface area contributed by atoms with Gasteiger partial charge in [0.05, 0.1) is 0 Å². The van der Waals surface area contributed by atoms with Gasteiger partial charge in [0.15, 0.2) is 0 Å². The summed E-state index contributed by atoms with van der Waals surface area (Å²) in [5, 5.41) is 0. The smallest absolute Gasteiger partial charge is 0.0263 e. The van der Waals surface area contributed by atoms with E-state index in [9.17, 15) is 0 Å². The Bertz CT molecular complexity index is 681. The highest BCUT2D eigenvalue weighted by atomic mass is 127. The normalized spacial score (nSPS) is 9.25. The number of rotatable bonds is 0. The molecule has 6 heteroatoms. The van der Waals surface area contributed by atoms with Gasteiger partial charge >= 0.3 is 0 Å². The minimum absolute atomic E-state index is 1.29. The van der Waals surface area contributed by atoms with Crippen LogP contribution < -0.4 is 0 Å². The summed E-state index contributed by atoms with van der Waals surface area (Å²) >= 11 is 13.8. The van der Waals surface area contributed by atoms with Crippen LogP contribution in [0, 0.1) is 21.4 Å². The second-order valence-electron chi connectivity index (χ2n) is 4.29. The van der Waals surface area contributed by atoms with E-state index in [1.807, 2.05) is 12.1 Å². The molecule has 0 amide bonds. The Morgan fingerprint density at radius 1 is 0.375 bits per heavy atom. The topological polar surface area (TPSA) is 0 Å². The molecular formula is C18H12I6. The van der Waals surface area contributed by atoms with E-state index in [-0.39, 0.29) is 0 Å². The number of hydrogen-bond acceptors (Lipinski definition) is 0. The molecule has 0 aromatic heterocycles. The predicted octanol–water partition coefficient (Wildman–Crippen LogP) is 8.69. The van der Waals surface area contributed by atoms with Crippen molar-refractivity contribution in [2.45, 2.75) is 0 Å². The molecule has 0 unspecified atom stereocenters. The number of benzene rings is 3. The van der Waals surface area contributed by atoms with E-state index in [1.54, 1.807) is 0 Å². The lowest BCUT2D eigenvalue weighted by atomic mass is 10.4. The fourth-order valence-corrected chi connectivity index (χ4v) is 4.50. The van der Waals surface area contributed by atoms with Crippen LogP contribution in [0.3, 0.4) is 0 Å². The van der Waals surface area contributed by atoms with Gasteiger partial charge in [0.2, 0.25) is 0 Å². The molecule has 0 aliphatic carbocycles. The molecule has 24 heavy (non-hydrogen) atoms. The van der Waals surface area contributed by atoms with Crippen molar-refractivity contribution in [2.24, 2.45) is 0 Å². The molecule has 0 saturated carbocycles. The zero-order valence-electron chi connectivity index (χ0n) is 12.2. The maximum atomic E-state index is 2.32. The molecule has 0 fully saturated rings. The summed E-state index contributed by atoms with van der Waals surface area (Å²) < 4.78 is 7.84. The number of halogens is 6. The fraction of sp³-hybridized carbons (Fsp3) is 0. The molecule has 126 valence electrons. The summed E-state index contributed by atoms with van der Waals surface area (Å²) in [6, 6.07) is 25.1. The highest BCUT2D eigenvalue weighted by molar-refractivity contribution is 14.1. The Balaban J connectivity index is 0.000000180. The first-order valence-electron chi connectivity index (χ1n) is 6.60. The van der Waals surface area contributed by atoms with Gasteiger partial charge in [0.1, 0.15) is 0 Å². The molecule has 0 spiro atoms.